The smallest absolute Gasteiger partial charge is 0.269 e. The zero-order valence-electron chi connectivity index (χ0n) is 14.3. The summed E-state index contributed by atoms with van der Waals surface area (Å²) in [5.74, 6) is 0.664. The number of carbonyl (C=O) groups is 1. The van der Waals surface area contributed by atoms with Crippen LogP contribution in [0.4, 0.5) is 5.82 Å². The Morgan fingerprint density at radius 1 is 1.31 bits per heavy atom. The molecule has 10 heteroatoms. The van der Waals surface area contributed by atoms with E-state index in [0.29, 0.717) is 30.4 Å². The molecule has 0 bridgehead atoms. The molecule has 1 fully saturated rings. The fourth-order valence-corrected chi connectivity index (χ4v) is 3.53. The van der Waals surface area contributed by atoms with Crippen LogP contribution < -0.4 is 10.2 Å². The number of rotatable bonds is 5. The molecule has 0 unspecified atom stereocenters. The van der Waals surface area contributed by atoms with E-state index in [9.17, 15) is 13.2 Å². The van der Waals surface area contributed by atoms with Gasteiger partial charge in [-0.25, -0.2) is 18.4 Å². The third-order valence-electron chi connectivity index (χ3n) is 4.35. The number of hydrogen-bond acceptors (Lipinski definition) is 6. The summed E-state index contributed by atoms with van der Waals surface area (Å²) in [6, 6.07) is 5.33. The number of aromatic nitrogens is 3. The molecule has 1 N–H and O–H groups in total. The van der Waals surface area contributed by atoms with Gasteiger partial charge >= 0.3 is 0 Å². The molecule has 3 heterocycles. The minimum absolute atomic E-state index is 0.0584. The van der Waals surface area contributed by atoms with Gasteiger partial charge in [0, 0.05) is 42.8 Å². The van der Waals surface area contributed by atoms with Gasteiger partial charge in [-0.05, 0) is 38.0 Å². The lowest BCUT2D eigenvalue weighted by atomic mass is 10.0. The number of nitrogens with zero attached hydrogens (tertiary/aromatic N) is 4. The number of thiol groups is 1. The van der Waals surface area contributed by atoms with Crippen LogP contribution in [0.15, 0.2) is 24.4 Å². The first-order chi connectivity index (χ1) is 12.4. The van der Waals surface area contributed by atoms with E-state index in [1.54, 1.807) is 24.4 Å². The van der Waals surface area contributed by atoms with E-state index in [4.69, 9.17) is 11.8 Å². The van der Waals surface area contributed by atoms with Gasteiger partial charge in [0.05, 0.1) is 0 Å². The Balaban J connectivity index is 1.57. The van der Waals surface area contributed by atoms with Crippen LogP contribution in [0.5, 0.6) is 0 Å². The first kappa shape index (κ1) is 18.7. The summed E-state index contributed by atoms with van der Waals surface area (Å²) in [5.41, 5.74) is 1.24. The minimum atomic E-state index is -2.55. The number of amides is 1. The van der Waals surface area contributed by atoms with E-state index in [2.05, 4.69) is 20.2 Å². The standard InChI is InChI=1S/C16H20ClN5O3S/c1-11-2-3-13(22(11)17)16(23)19-12-5-8-21(9-6-12)15-4-7-18-14(20-15)10-26(24)25/h2-4,7,12,26H,5-6,8-10H2,1H3,(H,19,23). The molecule has 140 valence electrons. The van der Waals surface area contributed by atoms with Crippen molar-refractivity contribution in [1.29, 1.82) is 0 Å². The highest BCUT2D eigenvalue weighted by molar-refractivity contribution is 7.71. The molecule has 0 spiro atoms. The van der Waals surface area contributed by atoms with Crippen LogP contribution in [0, 0.1) is 6.92 Å². The number of nitrogens with one attached hydrogen (secondary N) is 1. The SMILES string of the molecule is Cc1ccc(C(=O)NC2CCN(c3ccnc(C[SH](=O)=O)n3)CC2)n1Cl. The third kappa shape index (κ3) is 4.34. The molecule has 1 amide bonds. The van der Waals surface area contributed by atoms with Gasteiger partial charge in [-0.15, -0.1) is 0 Å². The van der Waals surface area contributed by atoms with Crippen molar-refractivity contribution in [1.82, 2.24) is 19.4 Å². The molecule has 8 nitrogen and oxygen atoms in total. The maximum atomic E-state index is 12.3. The second-order valence-corrected chi connectivity index (χ2v) is 7.52. The van der Waals surface area contributed by atoms with Crippen molar-refractivity contribution in [2.45, 2.75) is 31.6 Å². The Hall–Kier alpha value is -2.13. The van der Waals surface area contributed by atoms with Crippen molar-refractivity contribution in [2.75, 3.05) is 18.0 Å². The molecule has 26 heavy (non-hydrogen) atoms. The molecule has 2 aromatic heterocycles. The Morgan fingerprint density at radius 2 is 2.04 bits per heavy atom. The number of carbonyl (C=O) groups excluding carboxylic acids is 1. The second kappa shape index (κ2) is 8.05. The van der Waals surface area contributed by atoms with Crippen molar-refractivity contribution in [3.8, 4) is 0 Å². The lowest BCUT2D eigenvalue weighted by molar-refractivity contribution is 0.0925. The van der Waals surface area contributed by atoms with Crippen molar-refractivity contribution in [3.05, 3.63) is 41.6 Å². The molecule has 0 aromatic carbocycles. The Bertz CT molecular complexity index is 867. The van der Waals surface area contributed by atoms with Crippen molar-refractivity contribution in [2.24, 2.45) is 0 Å². The molecule has 0 atom stereocenters. The molecule has 0 aliphatic carbocycles. The number of aryl methyl sites for hydroxylation is 1. The van der Waals surface area contributed by atoms with E-state index in [0.717, 1.165) is 18.5 Å². The van der Waals surface area contributed by atoms with E-state index in [-0.39, 0.29) is 17.7 Å². The van der Waals surface area contributed by atoms with Gasteiger partial charge in [0.25, 0.3) is 5.91 Å². The van der Waals surface area contributed by atoms with Gasteiger partial charge in [-0.3, -0.25) is 8.88 Å². The largest absolute Gasteiger partial charge is 0.356 e. The minimum Gasteiger partial charge on any atom is -0.356 e. The third-order valence-corrected chi connectivity index (χ3v) is 5.34. The van der Waals surface area contributed by atoms with Crippen molar-refractivity contribution in [3.63, 3.8) is 0 Å². The molecule has 1 aliphatic heterocycles. The van der Waals surface area contributed by atoms with Crippen LogP contribution in [0.3, 0.4) is 0 Å². The summed E-state index contributed by atoms with van der Waals surface area (Å²) in [7, 11) is -2.55. The highest BCUT2D eigenvalue weighted by atomic mass is 35.5. The van der Waals surface area contributed by atoms with Crippen LogP contribution in [-0.2, 0) is 16.5 Å². The quantitative estimate of drug-likeness (QED) is 0.733. The van der Waals surface area contributed by atoms with Gasteiger partial charge in [0.2, 0.25) is 0 Å². The number of halogens is 1. The zero-order valence-corrected chi connectivity index (χ0v) is 15.9. The molecule has 2 aromatic rings. The monoisotopic (exact) mass is 397 g/mol. The van der Waals surface area contributed by atoms with Gasteiger partial charge in [-0.2, -0.15) is 0 Å². The van der Waals surface area contributed by atoms with Crippen LogP contribution in [-0.4, -0.2) is 47.5 Å². The first-order valence-electron chi connectivity index (χ1n) is 8.28. The van der Waals surface area contributed by atoms with Crippen molar-refractivity contribution >= 4 is 34.2 Å². The fraction of sp³-hybridized carbons (Fsp3) is 0.438. The topological polar surface area (TPSA) is 97.2 Å². The van der Waals surface area contributed by atoms with Gasteiger partial charge in [-0.1, -0.05) is 0 Å². The molecular weight excluding hydrogens is 378 g/mol. The lowest BCUT2D eigenvalue weighted by Gasteiger charge is -2.33. The summed E-state index contributed by atoms with van der Waals surface area (Å²) in [4.78, 5) is 22.7. The first-order valence-corrected chi connectivity index (χ1v) is 9.98. The van der Waals surface area contributed by atoms with E-state index < -0.39 is 10.7 Å². The Morgan fingerprint density at radius 3 is 2.65 bits per heavy atom. The average Bonchev–Trinajstić information content (AvgIpc) is 2.94. The molecule has 0 saturated carbocycles. The van der Waals surface area contributed by atoms with Crippen LogP contribution in [0.1, 0.15) is 34.8 Å². The predicted octanol–water partition coefficient (Wildman–Crippen LogP) is 1.10. The maximum absolute atomic E-state index is 12.3. The van der Waals surface area contributed by atoms with E-state index in [1.807, 2.05) is 6.92 Å². The molecular formula is C16H20ClN5O3S. The van der Waals surface area contributed by atoms with Crippen LogP contribution in [0.2, 0.25) is 0 Å². The Labute approximate surface area is 158 Å². The molecule has 0 radical (unpaired) electrons. The maximum Gasteiger partial charge on any atom is 0.269 e. The fourth-order valence-electron chi connectivity index (χ4n) is 2.95. The van der Waals surface area contributed by atoms with Gasteiger partial charge in [0.15, 0.2) is 0 Å². The number of piperidine rings is 1. The van der Waals surface area contributed by atoms with E-state index >= 15 is 0 Å². The summed E-state index contributed by atoms with van der Waals surface area (Å²) < 4.78 is 23.0. The summed E-state index contributed by atoms with van der Waals surface area (Å²) in [6.07, 6.45) is 3.10. The second-order valence-electron chi connectivity index (χ2n) is 6.20. The molecule has 3 rings (SSSR count). The van der Waals surface area contributed by atoms with Crippen LogP contribution in [0.25, 0.3) is 0 Å². The Kier molecular flexibility index (Phi) is 5.77. The highest BCUT2D eigenvalue weighted by Crippen LogP contribution is 2.18. The average molecular weight is 398 g/mol. The van der Waals surface area contributed by atoms with Crippen molar-refractivity contribution < 1.29 is 13.2 Å². The van der Waals surface area contributed by atoms with Gasteiger partial charge in [0.1, 0.15) is 33.8 Å². The zero-order chi connectivity index (χ0) is 18.7. The predicted molar refractivity (Wildman–Crippen MR) is 99.2 cm³/mol. The van der Waals surface area contributed by atoms with E-state index in [1.165, 1.54) is 4.09 Å². The number of hydrogen-bond donors (Lipinski definition) is 2. The highest BCUT2D eigenvalue weighted by Gasteiger charge is 2.23. The molecule has 1 saturated heterocycles. The van der Waals surface area contributed by atoms with Gasteiger partial charge < -0.3 is 10.2 Å². The number of anilines is 1. The lowest BCUT2D eigenvalue weighted by Crippen LogP contribution is -2.45. The summed E-state index contributed by atoms with van der Waals surface area (Å²) in [6.45, 7) is 3.26. The summed E-state index contributed by atoms with van der Waals surface area (Å²) in [5, 5.41) is 3.02. The molecule has 1 aliphatic rings. The van der Waals surface area contributed by atoms with Crippen LogP contribution >= 0.6 is 11.8 Å². The normalized spacial score (nSPS) is 15.4. The summed E-state index contributed by atoms with van der Waals surface area (Å²) >= 11 is 6.07.